The van der Waals surface area contributed by atoms with E-state index in [0.717, 1.165) is 35.5 Å². The van der Waals surface area contributed by atoms with Crippen molar-refractivity contribution in [2.24, 2.45) is 0 Å². The Morgan fingerprint density at radius 3 is 2.88 bits per heavy atom. The molecule has 0 unspecified atom stereocenters. The second-order valence-electron chi connectivity index (χ2n) is 6.70. The summed E-state index contributed by atoms with van der Waals surface area (Å²) in [5, 5.41) is 7.44. The number of carbonyl (C=O) groups is 1. The number of aryl methyl sites for hydroxylation is 1. The van der Waals surface area contributed by atoms with Crippen LogP contribution in [0.15, 0.2) is 36.5 Å². The number of nitrogens with one attached hydrogen (secondary N) is 2. The summed E-state index contributed by atoms with van der Waals surface area (Å²) in [6, 6.07) is 10.2. The third kappa shape index (κ3) is 3.57. The highest BCUT2D eigenvalue weighted by molar-refractivity contribution is 5.90. The third-order valence-corrected chi connectivity index (χ3v) is 4.89. The van der Waals surface area contributed by atoms with Crippen molar-refractivity contribution in [3.8, 4) is 0 Å². The molecule has 1 aliphatic rings. The Balaban J connectivity index is 1.37. The summed E-state index contributed by atoms with van der Waals surface area (Å²) in [5.41, 5.74) is 1.95. The highest BCUT2D eigenvalue weighted by Gasteiger charge is 2.19. The fourth-order valence-corrected chi connectivity index (χ4v) is 3.59. The summed E-state index contributed by atoms with van der Waals surface area (Å²) in [6.07, 6.45) is 8.83. The number of anilines is 1. The van der Waals surface area contributed by atoms with Crippen molar-refractivity contribution in [1.29, 1.82) is 0 Å². The zero-order chi connectivity index (χ0) is 17.1. The summed E-state index contributed by atoms with van der Waals surface area (Å²) >= 11 is 0. The van der Waals surface area contributed by atoms with Gasteiger partial charge < -0.3 is 10.3 Å². The lowest BCUT2D eigenvalue weighted by Crippen LogP contribution is -2.20. The molecule has 0 spiro atoms. The SMILES string of the molecule is O=C(CCc1nc2ccccc2[nH]1)Nc1ccnn1C1CCCCC1. The molecule has 3 aromatic rings. The molecular weight excluding hydrogens is 314 g/mol. The number of imidazole rings is 1. The molecule has 1 amide bonds. The van der Waals surface area contributed by atoms with Gasteiger partial charge in [-0.25, -0.2) is 9.67 Å². The first kappa shape index (κ1) is 15.9. The maximum Gasteiger partial charge on any atom is 0.225 e. The van der Waals surface area contributed by atoms with Gasteiger partial charge in [0.2, 0.25) is 5.91 Å². The number of benzene rings is 1. The predicted molar refractivity (Wildman–Crippen MR) is 97.4 cm³/mol. The van der Waals surface area contributed by atoms with Crippen molar-refractivity contribution in [2.75, 3.05) is 5.32 Å². The number of carbonyl (C=O) groups excluding carboxylic acids is 1. The minimum absolute atomic E-state index is 0.00184. The van der Waals surface area contributed by atoms with Crippen LogP contribution in [0.2, 0.25) is 0 Å². The van der Waals surface area contributed by atoms with Crippen LogP contribution in [-0.2, 0) is 11.2 Å². The van der Waals surface area contributed by atoms with Gasteiger partial charge in [0, 0.05) is 18.9 Å². The minimum atomic E-state index is -0.00184. The number of fused-ring (bicyclic) bond motifs is 1. The first-order valence-electron chi connectivity index (χ1n) is 9.06. The van der Waals surface area contributed by atoms with Crippen LogP contribution in [0, 0.1) is 0 Å². The van der Waals surface area contributed by atoms with Crippen LogP contribution in [0.3, 0.4) is 0 Å². The largest absolute Gasteiger partial charge is 0.342 e. The van der Waals surface area contributed by atoms with E-state index in [1.54, 1.807) is 6.20 Å². The van der Waals surface area contributed by atoms with E-state index in [2.05, 4.69) is 20.4 Å². The smallest absolute Gasteiger partial charge is 0.225 e. The molecule has 0 saturated heterocycles. The van der Waals surface area contributed by atoms with Crippen molar-refractivity contribution in [3.05, 3.63) is 42.4 Å². The summed E-state index contributed by atoms with van der Waals surface area (Å²) in [4.78, 5) is 20.1. The number of H-pyrrole nitrogens is 1. The Morgan fingerprint density at radius 1 is 1.20 bits per heavy atom. The van der Waals surface area contributed by atoms with Gasteiger partial charge in [-0.2, -0.15) is 5.10 Å². The van der Waals surface area contributed by atoms with Gasteiger partial charge in [-0.05, 0) is 25.0 Å². The molecule has 2 aromatic heterocycles. The van der Waals surface area contributed by atoms with E-state index >= 15 is 0 Å². The number of aromatic nitrogens is 4. The van der Waals surface area contributed by atoms with Gasteiger partial charge in [0.15, 0.2) is 0 Å². The van der Waals surface area contributed by atoms with E-state index in [-0.39, 0.29) is 5.91 Å². The average molecular weight is 337 g/mol. The maximum atomic E-state index is 12.3. The van der Waals surface area contributed by atoms with Crippen LogP contribution in [0.25, 0.3) is 11.0 Å². The number of rotatable bonds is 5. The molecule has 0 radical (unpaired) electrons. The predicted octanol–water partition coefficient (Wildman–Crippen LogP) is 3.84. The molecule has 25 heavy (non-hydrogen) atoms. The van der Waals surface area contributed by atoms with Gasteiger partial charge >= 0.3 is 0 Å². The summed E-state index contributed by atoms with van der Waals surface area (Å²) in [5.74, 6) is 1.65. The molecule has 130 valence electrons. The van der Waals surface area contributed by atoms with Crippen LogP contribution >= 0.6 is 0 Å². The molecule has 1 aromatic carbocycles. The lowest BCUT2D eigenvalue weighted by molar-refractivity contribution is -0.116. The monoisotopic (exact) mass is 337 g/mol. The third-order valence-electron chi connectivity index (χ3n) is 4.89. The minimum Gasteiger partial charge on any atom is -0.342 e. The Morgan fingerprint density at radius 2 is 2.04 bits per heavy atom. The van der Waals surface area contributed by atoms with Gasteiger partial charge in [0.25, 0.3) is 0 Å². The quantitative estimate of drug-likeness (QED) is 0.743. The van der Waals surface area contributed by atoms with E-state index in [4.69, 9.17) is 0 Å². The fourth-order valence-electron chi connectivity index (χ4n) is 3.59. The van der Waals surface area contributed by atoms with E-state index < -0.39 is 0 Å². The van der Waals surface area contributed by atoms with Crippen LogP contribution in [0.1, 0.15) is 50.4 Å². The second-order valence-corrected chi connectivity index (χ2v) is 6.70. The normalized spacial score (nSPS) is 15.5. The van der Waals surface area contributed by atoms with E-state index in [0.29, 0.717) is 18.9 Å². The van der Waals surface area contributed by atoms with Gasteiger partial charge in [-0.3, -0.25) is 4.79 Å². The molecule has 1 fully saturated rings. The molecule has 1 aliphatic carbocycles. The van der Waals surface area contributed by atoms with Crippen molar-refractivity contribution in [3.63, 3.8) is 0 Å². The molecule has 6 nitrogen and oxygen atoms in total. The average Bonchev–Trinajstić information content (AvgIpc) is 3.27. The summed E-state index contributed by atoms with van der Waals surface area (Å²) < 4.78 is 1.98. The zero-order valence-electron chi connectivity index (χ0n) is 14.2. The molecule has 2 heterocycles. The van der Waals surface area contributed by atoms with Crippen LogP contribution < -0.4 is 5.32 Å². The molecule has 0 aliphatic heterocycles. The number of amides is 1. The second kappa shape index (κ2) is 7.09. The number of nitrogens with zero attached hydrogens (tertiary/aromatic N) is 3. The van der Waals surface area contributed by atoms with Crippen LogP contribution in [0.5, 0.6) is 0 Å². The number of hydrogen-bond donors (Lipinski definition) is 2. The summed E-state index contributed by atoms with van der Waals surface area (Å²) in [6.45, 7) is 0. The Hall–Kier alpha value is -2.63. The van der Waals surface area contributed by atoms with Gasteiger partial charge in [0.1, 0.15) is 11.6 Å². The Labute approximate surface area is 146 Å². The number of hydrogen-bond acceptors (Lipinski definition) is 3. The highest BCUT2D eigenvalue weighted by atomic mass is 16.1. The molecule has 0 bridgehead atoms. The van der Waals surface area contributed by atoms with E-state index in [1.165, 1.54) is 19.3 Å². The standard InChI is InChI=1S/C19H23N5O/c25-19(11-10-17-21-15-8-4-5-9-16(15)22-17)23-18-12-13-20-24(18)14-6-2-1-3-7-14/h4-5,8-9,12-14H,1-3,6-7,10-11H2,(H,21,22)(H,23,25). The lowest BCUT2D eigenvalue weighted by Gasteiger charge is -2.23. The molecular formula is C19H23N5O. The van der Waals surface area contributed by atoms with Crippen molar-refractivity contribution in [1.82, 2.24) is 19.7 Å². The summed E-state index contributed by atoms with van der Waals surface area (Å²) in [7, 11) is 0. The van der Waals surface area contributed by atoms with E-state index in [9.17, 15) is 4.79 Å². The first-order valence-corrected chi connectivity index (χ1v) is 9.06. The van der Waals surface area contributed by atoms with Crippen molar-refractivity contribution in [2.45, 2.75) is 51.0 Å². The molecule has 2 N–H and O–H groups in total. The lowest BCUT2D eigenvalue weighted by atomic mass is 9.96. The van der Waals surface area contributed by atoms with Crippen molar-refractivity contribution < 1.29 is 4.79 Å². The Kier molecular flexibility index (Phi) is 4.50. The van der Waals surface area contributed by atoms with Gasteiger partial charge in [-0.15, -0.1) is 0 Å². The molecule has 1 saturated carbocycles. The fraction of sp³-hybridized carbons (Fsp3) is 0.421. The molecule has 6 heteroatoms. The number of aromatic amines is 1. The molecule has 4 rings (SSSR count). The van der Waals surface area contributed by atoms with Gasteiger partial charge in [0.05, 0.1) is 23.3 Å². The first-order chi connectivity index (χ1) is 12.3. The molecule has 0 atom stereocenters. The highest BCUT2D eigenvalue weighted by Crippen LogP contribution is 2.29. The number of para-hydroxylation sites is 2. The maximum absolute atomic E-state index is 12.3. The van der Waals surface area contributed by atoms with E-state index in [1.807, 2.05) is 35.0 Å². The Bertz CT molecular complexity index is 826. The topological polar surface area (TPSA) is 75.6 Å². The van der Waals surface area contributed by atoms with Crippen LogP contribution in [0.4, 0.5) is 5.82 Å². The van der Waals surface area contributed by atoms with Crippen LogP contribution in [-0.4, -0.2) is 25.7 Å². The zero-order valence-corrected chi connectivity index (χ0v) is 14.2. The van der Waals surface area contributed by atoms with Gasteiger partial charge in [-0.1, -0.05) is 31.4 Å². The van der Waals surface area contributed by atoms with Crippen molar-refractivity contribution >= 4 is 22.8 Å².